The van der Waals surface area contributed by atoms with Crippen molar-refractivity contribution in [2.24, 2.45) is 11.8 Å². The Morgan fingerprint density at radius 3 is 2.35 bits per heavy atom. The highest BCUT2D eigenvalue weighted by Crippen LogP contribution is 2.27. The van der Waals surface area contributed by atoms with Gasteiger partial charge in [-0.05, 0) is 61.0 Å². The van der Waals surface area contributed by atoms with Crippen molar-refractivity contribution in [3.63, 3.8) is 0 Å². The van der Waals surface area contributed by atoms with Crippen molar-refractivity contribution in [2.75, 3.05) is 18.4 Å². The summed E-state index contributed by atoms with van der Waals surface area (Å²) in [5.41, 5.74) is 1.10. The molecule has 0 saturated carbocycles. The Labute approximate surface area is 157 Å². The number of anilines is 1. The zero-order chi connectivity index (χ0) is 18.9. The molecular formula is C17H22N4O3S2. The van der Waals surface area contributed by atoms with Crippen LogP contribution < -0.4 is 5.32 Å². The molecule has 2 heterocycles. The number of sulfonamides is 1. The topological polar surface area (TPSA) is 92.3 Å². The normalized spacial score (nSPS) is 21.5. The van der Waals surface area contributed by atoms with Crippen LogP contribution in [0.15, 0.2) is 29.2 Å². The summed E-state index contributed by atoms with van der Waals surface area (Å²) in [5.74, 6) is 0.401. The first-order chi connectivity index (χ1) is 12.3. The van der Waals surface area contributed by atoms with Crippen LogP contribution in [0.4, 0.5) is 5.69 Å². The number of carbonyl (C=O) groups is 1. The molecule has 2 atom stereocenters. The molecule has 1 aliphatic rings. The van der Waals surface area contributed by atoms with Gasteiger partial charge in [0.25, 0.3) is 5.91 Å². The second kappa shape index (κ2) is 7.42. The smallest absolute Gasteiger partial charge is 0.269 e. The molecule has 0 spiro atoms. The third kappa shape index (κ3) is 3.94. The minimum atomic E-state index is -3.52. The standard InChI is InChI=1S/C17H22N4O3S2/c1-11-8-12(2)10-21(9-11)26(23,24)15-6-4-14(5-7-15)18-17(22)16-13(3)19-20-25-16/h4-7,11-12H,8-10H2,1-3H3,(H,18,22)/t11-,12-/m1/s1. The number of rotatable bonds is 4. The van der Waals surface area contributed by atoms with E-state index in [0.717, 1.165) is 18.0 Å². The first-order valence-corrected chi connectivity index (χ1v) is 10.7. The van der Waals surface area contributed by atoms with Gasteiger partial charge in [-0.15, -0.1) is 5.10 Å². The van der Waals surface area contributed by atoms with Crippen LogP contribution in [0.1, 0.15) is 35.6 Å². The molecule has 1 saturated heterocycles. The van der Waals surface area contributed by atoms with Gasteiger partial charge in [0.1, 0.15) is 4.88 Å². The summed E-state index contributed by atoms with van der Waals surface area (Å²) in [5, 5.41) is 6.55. The summed E-state index contributed by atoms with van der Waals surface area (Å²) < 4.78 is 31.0. The fourth-order valence-electron chi connectivity index (χ4n) is 3.29. The maximum Gasteiger partial charge on any atom is 0.269 e. The molecule has 0 radical (unpaired) electrons. The van der Waals surface area contributed by atoms with Gasteiger partial charge in [0.2, 0.25) is 10.0 Å². The second-order valence-corrected chi connectivity index (χ2v) is 9.63. The number of benzene rings is 1. The van der Waals surface area contributed by atoms with Gasteiger partial charge in [-0.3, -0.25) is 4.79 Å². The molecule has 1 aromatic heterocycles. The van der Waals surface area contributed by atoms with Crippen LogP contribution in [-0.4, -0.2) is 41.3 Å². The van der Waals surface area contributed by atoms with Gasteiger partial charge in [0.05, 0.1) is 10.6 Å². The fourth-order valence-corrected chi connectivity index (χ4v) is 5.52. The molecule has 26 heavy (non-hydrogen) atoms. The fraction of sp³-hybridized carbons (Fsp3) is 0.471. The molecule has 1 N–H and O–H groups in total. The highest BCUT2D eigenvalue weighted by Gasteiger charge is 2.31. The maximum atomic E-state index is 12.9. The van der Waals surface area contributed by atoms with Crippen LogP contribution in [0.25, 0.3) is 0 Å². The number of aromatic nitrogens is 2. The third-order valence-electron chi connectivity index (χ3n) is 4.44. The highest BCUT2D eigenvalue weighted by atomic mass is 32.2. The highest BCUT2D eigenvalue weighted by molar-refractivity contribution is 7.89. The Morgan fingerprint density at radius 1 is 1.19 bits per heavy atom. The van der Waals surface area contributed by atoms with E-state index in [9.17, 15) is 13.2 Å². The van der Waals surface area contributed by atoms with Crippen LogP contribution in [0, 0.1) is 18.8 Å². The van der Waals surface area contributed by atoms with E-state index < -0.39 is 10.0 Å². The van der Waals surface area contributed by atoms with Crippen molar-refractivity contribution in [1.29, 1.82) is 0 Å². The lowest BCUT2D eigenvalue weighted by molar-refractivity contribution is 0.103. The first-order valence-electron chi connectivity index (χ1n) is 8.48. The van der Waals surface area contributed by atoms with Crippen LogP contribution in [0.3, 0.4) is 0 Å². The van der Waals surface area contributed by atoms with E-state index >= 15 is 0 Å². The van der Waals surface area contributed by atoms with E-state index in [2.05, 4.69) is 28.8 Å². The molecule has 3 rings (SSSR count). The number of nitrogens with zero attached hydrogens (tertiary/aromatic N) is 3. The Kier molecular flexibility index (Phi) is 5.40. The molecule has 1 aliphatic heterocycles. The van der Waals surface area contributed by atoms with Gasteiger partial charge in [0.15, 0.2) is 0 Å². The zero-order valence-corrected chi connectivity index (χ0v) is 16.6. The average Bonchev–Trinajstić information content (AvgIpc) is 3.00. The summed E-state index contributed by atoms with van der Waals surface area (Å²) in [6.07, 6.45) is 1.04. The second-order valence-electron chi connectivity index (χ2n) is 6.93. The van der Waals surface area contributed by atoms with E-state index in [1.54, 1.807) is 23.4 Å². The number of aryl methyl sites for hydroxylation is 1. The van der Waals surface area contributed by atoms with Crippen molar-refractivity contribution >= 4 is 33.2 Å². The molecule has 2 aromatic rings. The lowest BCUT2D eigenvalue weighted by atomic mass is 9.94. The Balaban J connectivity index is 1.74. The number of amides is 1. The van der Waals surface area contributed by atoms with Gasteiger partial charge in [0, 0.05) is 18.8 Å². The Morgan fingerprint density at radius 2 is 1.81 bits per heavy atom. The number of hydrogen-bond acceptors (Lipinski definition) is 6. The van der Waals surface area contributed by atoms with E-state index in [4.69, 9.17) is 0 Å². The molecule has 1 aromatic carbocycles. The Hall–Kier alpha value is -1.84. The van der Waals surface area contributed by atoms with E-state index in [0.29, 0.717) is 41.2 Å². The van der Waals surface area contributed by atoms with Gasteiger partial charge in [-0.25, -0.2) is 8.42 Å². The number of carbonyl (C=O) groups excluding carboxylic acids is 1. The summed E-state index contributed by atoms with van der Waals surface area (Å²) >= 11 is 1.03. The minimum absolute atomic E-state index is 0.243. The molecule has 0 aliphatic carbocycles. The van der Waals surface area contributed by atoms with E-state index in [-0.39, 0.29) is 10.8 Å². The van der Waals surface area contributed by atoms with Crippen molar-refractivity contribution < 1.29 is 13.2 Å². The number of piperidine rings is 1. The van der Waals surface area contributed by atoms with Crippen LogP contribution >= 0.6 is 11.5 Å². The van der Waals surface area contributed by atoms with Crippen molar-refractivity contribution in [3.8, 4) is 0 Å². The maximum absolute atomic E-state index is 12.9. The van der Waals surface area contributed by atoms with Crippen molar-refractivity contribution in [3.05, 3.63) is 34.8 Å². The largest absolute Gasteiger partial charge is 0.321 e. The van der Waals surface area contributed by atoms with Crippen LogP contribution in [0.5, 0.6) is 0 Å². The van der Waals surface area contributed by atoms with Crippen LogP contribution in [0.2, 0.25) is 0 Å². The number of hydrogen-bond donors (Lipinski definition) is 1. The van der Waals surface area contributed by atoms with Gasteiger partial charge in [-0.1, -0.05) is 18.3 Å². The predicted molar refractivity (Wildman–Crippen MR) is 101 cm³/mol. The van der Waals surface area contributed by atoms with Crippen molar-refractivity contribution in [2.45, 2.75) is 32.1 Å². The number of nitrogens with one attached hydrogen (secondary N) is 1. The molecule has 140 valence electrons. The average molecular weight is 395 g/mol. The quantitative estimate of drug-likeness (QED) is 0.861. The van der Waals surface area contributed by atoms with Gasteiger partial charge in [-0.2, -0.15) is 4.31 Å². The van der Waals surface area contributed by atoms with E-state index in [1.165, 1.54) is 12.1 Å². The zero-order valence-electron chi connectivity index (χ0n) is 15.0. The molecule has 1 fully saturated rings. The first kappa shape index (κ1) is 18.9. The molecule has 1 amide bonds. The van der Waals surface area contributed by atoms with Crippen LogP contribution in [-0.2, 0) is 10.0 Å². The molecule has 0 bridgehead atoms. The summed E-state index contributed by atoms with van der Waals surface area (Å²) in [6, 6.07) is 6.27. The predicted octanol–water partition coefficient (Wildman–Crippen LogP) is 2.77. The lowest BCUT2D eigenvalue weighted by Crippen LogP contribution is -2.42. The molecular weight excluding hydrogens is 372 g/mol. The molecule has 9 heteroatoms. The van der Waals surface area contributed by atoms with Crippen molar-refractivity contribution in [1.82, 2.24) is 13.9 Å². The van der Waals surface area contributed by atoms with E-state index in [1.807, 2.05) is 0 Å². The SMILES string of the molecule is Cc1nnsc1C(=O)Nc1ccc(S(=O)(=O)N2C[C@H](C)C[C@@H](C)C2)cc1. The lowest BCUT2D eigenvalue weighted by Gasteiger charge is -2.34. The molecule has 0 unspecified atom stereocenters. The summed E-state index contributed by atoms with van der Waals surface area (Å²) in [4.78, 5) is 12.9. The molecule has 7 nitrogen and oxygen atoms in total. The van der Waals surface area contributed by atoms with Gasteiger partial charge >= 0.3 is 0 Å². The summed E-state index contributed by atoms with van der Waals surface area (Å²) in [7, 11) is -3.52. The minimum Gasteiger partial charge on any atom is -0.321 e. The summed E-state index contributed by atoms with van der Waals surface area (Å²) in [6.45, 7) is 6.96. The third-order valence-corrected chi connectivity index (χ3v) is 7.12. The monoisotopic (exact) mass is 394 g/mol. The van der Waals surface area contributed by atoms with Gasteiger partial charge < -0.3 is 5.32 Å². The Bertz CT molecular complexity index is 883.